The summed E-state index contributed by atoms with van der Waals surface area (Å²) >= 11 is 0. The Labute approximate surface area is 121 Å². The summed E-state index contributed by atoms with van der Waals surface area (Å²) in [6.07, 6.45) is 1.52. The van der Waals surface area contributed by atoms with Crippen LogP contribution in [0, 0.1) is 5.82 Å². The summed E-state index contributed by atoms with van der Waals surface area (Å²) in [5, 5.41) is 3.64. The molecule has 1 atom stereocenters. The topological polar surface area (TPSA) is 55.6 Å². The number of rotatable bonds is 2. The monoisotopic (exact) mass is 290 g/mol. The van der Waals surface area contributed by atoms with Gasteiger partial charge < -0.3 is 14.2 Å². The number of nitrogens with zero attached hydrogens (tertiary/aromatic N) is 2. The first-order valence-corrected chi connectivity index (χ1v) is 6.73. The van der Waals surface area contributed by atoms with Crippen LogP contribution >= 0.6 is 0 Å². The third kappa shape index (κ3) is 2.37. The van der Waals surface area contributed by atoms with Crippen LogP contribution in [0.4, 0.5) is 10.1 Å². The maximum Gasteiger partial charge on any atom is 0.297 e. The molecule has 5 nitrogen and oxygen atoms in total. The highest BCUT2D eigenvalue weighted by Gasteiger charge is 2.31. The molecule has 0 saturated heterocycles. The summed E-state index contributed by atoms with van der Waals surface area (Å²) in [6, 6.07) is 5.92. The second kappa shape index (κ2) is 5.20. The van der Waals surface area contributed by atoms with E-state index in [1.165, 1.54) is 25.3 Å². The Bertz CT molecular complexity index is 683. The first kappa shape index (κ1) is 13.6. The minimum atomic E-state index is -0.300. The van der Waals surface area contributed by atoms with Gasteiger partial charge >= 0.3 is 0 Å². The van der Waals surface area contributed by atoms with Gasteiger partial charge in [-0.05, 0) is 48.7 Å². The van der Waals surface area contributed by atoms with Crippen molar-refractivity contribution in [2.24, 2.45) is 0 Å². The highest BCUT2D eigenvalue weighted by molar-refractivity contribution is 6.05. The molecule has 110 valence electrons. The van der Waals surface area contributed by atoms with E-state index in [1.54, 1.807) is 11.0 Å². The van der Waals surface area contributed by atoms with Crippen LogP contribution in [-0.4, -0.2) is 24.2 Å². The second-order valence-corrected chi connectivity index (χ2v) is 5.07. The normalized spacial score (nSPS) is 17.5. The van der Waals surface area contributed by atoms with Gasteiger partial charge in [-0.25, -0.2) is 4.39 Å². The molecule has 1 aliphatic heterocycles. The number of halogens is 1. The number of ether oxygens (including phenoxy) is 1. The Morgan fingerprint density at radius 2 is 2.29 bits per heavy atom. The van der Waals surface area contributed by atoms with E-state index < -0.39 is 0 Å². The average molecular weight is 290 g/mol. The van der Waals surface area contributed by atoms with Crippen molar-refractivity contribution in [2.75, 3.05) is 12.0 Å². The molecule has 6 heteroatoms. The first-order valence-electron chi connectivity index (χ1n) is 6.73. The maximum atomic E-state index is 13.3. The SMILES string of the molecule is COc1cc(C(=O)N2c3ccc(F)cc3CCC2C)on1. The molecule has 1 aliphatic rings. The lowest BCUT2D eigenvalue weighted by Crippen LogP contribution is -2.42. The molecule has 1 unspecified atom stereocenters. The van der Waals surface area contributed by atoms with Crippen molar-refractivity contribution in [3.63, 3.8) is 0 Å². The number of anilines is 1. The summed E-state index contributed by atoms with van der Waals surface area (Å²) in [5.74, 6) is -0.235. The molecule has 0 spiro atoms. The zero-order valence-corrected chi connectivity index (χ0v) is 11.8. The number of aromatic nitrogens is 1. The van der Waals surface area contributed by atoms with Crippen molar-refractivity contribution < 1.29 is 18.4 Å². The van der Waals surface area contributed by atoms with Crippen LogP contribution in [0.5, 0.6) is 5.88 Å². The van der Waals surface area contributed by atoms with Gasteiger partial charge in [-0.1, -0.05) is 0 Å². The van der Waals surface area contributed by atoms with Gasteiger partial charge in [-0.15, -0.1) is 0 Å². The number of benzene rings is 1. The zero-order chi connectivity index (χ0) is 15.0. The van der Waals surface area contributed by atoms with E-state index in [-0.39, 0.29) is 29.4 Å². The summed E-state index contributed by atoms with van der Waals surface area (Å²) in [4.78, 5) is 14.3. The molecular weight excluding hydrogens is 275 g/mol. The van der Waals surface area contributed by atoms with Gasteiger partial charge in [0.15, 0.2) is 0 Å². The number of hydrogen-bond acceptors (Lipinski definition) is 4. The van der Waals surface area contributed by atoms with E-state index in [1.807, 2.05) is 6.92 Å². The largest absolute Gasteiger partial charge is 0.479 e. The van der Waals surface area contributed by atoms with Crippen LogP contribution in [0.1, 0.15) is 29.5 Å². The van der Waals surface area contributed by atoms with Gasteiger partial charge in [0.05, 0.1) is 13.2 Å². The lowest BCUT2D eigenvalue weighted by molar-refractivity contribution is 0.0939. The smallest absolute Gasteiger partial charge is 0.297 e. The number of methoxy groups -OCH3 is 1. The first-order chi connectivity index (χ1) is 10.1. The van der Waals surface area contributed by atoms with E-state index in [9.17, 15) is 9.18 Å². The van der Waals surface area contributed by atoms with E-state index in [0.717, 1.165) is 24.1 Å². The van der Waals surface area contributed by atoms with Crippen LogP contribution in [0.2, 0.25) is 0 Å². The Hall–Kier alpha value is -2.37. The minimum Gasteiger partial charge on any atom is -0.479 e. The predicted molar refractivity (Wildman–Crippen MR) is 74.0 cm³/mol. The second-order valence-electron chi connectivity index (χ2n) is 5.07. The van der Waals surface area contributed by atoms with Gasteiger partial charge in [0.2, 0.25) is 5.76 Å². The molecule has 1 aromatic carbocycles. The lowest BCUT2D eigenvalue weighted by atomic mass is 9.96. The molecule has 0 saturated carbocycles. The Kier molecular flexibility index (Phi) is 3.37. The maximum absolute atomic E-state index is 13.3. The summed E-state index contributed by atoms with van der Waals surface area (Å²) in [5.41, 5.74) is 1.54. The zero-order valence-electron chi connectivity index (χ0n) is 11.8. The van der Waals surface area contributed by atoms with Crippen molar-refractivity contribution in [3.8, 4) is 5.88 Å². The molecule has 0 fully saturated rings. The Balaban J connectivity index is 1.99. The van der Waals surface area contributed by atoms with E-state index in [0.29, 0.717) is 0 Å². The Morgan fingerprint density at radius 1 is 1.48 bits per heavy atom. The molecular formula is C15H15FN2O3. The minimum absolute atomic E-state index is 0.00607. The fourth-order valence-corrected chi connectivity index (χ4v) is 2.60. The molecule has 3 rings (SSSR count). The lowest BCUT2D eigenvalue weighted by Gasteiger charge is -2.34. The van der Waals surface area contributed by atoms with Gasteiger partial charge in [0.25, 0.3) is 11.8 Å². The standard InChI is InChI=1S/C15H15FN2O3/c1-9-3-4-10-7-11(16)5-6-12(10)18(9)15(19)13-8-14(20-2)17-21-13/h5-9H,3-4H2,1-2H3. The summed E-state index contributed by atoms with van der Waals surface area (Å²) < 4.78 is 23.3. The van der Waals surface area contributed by atoms with Gasteiger partial charge in [-0.2, -0.15) is 0 Å². The average Bonchev–Trinajstić information content (AvgIpc) is 2.96. The van der Waals surface area contributed by atoms with Crippen molar-refractivity contribution in [2.45, 2.75) is 25.8 Å². The van der Waals surface area contributed by atoms with E-state index in [2.05, 4.69) is 5.16 Å². The van der Waals surface area contributed by atoms with E-state index >= 15 is 0 Å². The molecule has 0 radical (unpaired) electrons. The van der Waals surface area contributed by atoms with Crippen LogP contribution in [0.15, 0.2) is 28.8 Å². The van der Waals surface area contributed by atoms with Crippen molar-refractivity contribution in [3.05, 3.63) is 41.4 Å². The van der Waals surface area contributed by atoms with Crippen molar-refractivity contribution >= 4 is 11.6 Å². The number of carbonyl (C=O) groups excluding carboxylic acids is 1. The number of aryl methyl sites for hydroxylation is 1. The van der Waals surface area contributed by atoms with Gasteiger partial charge in [-0.3, -0.25) is 4.79 Å². The molecule has 1 amide bonds. The predicted octanol–water partition coefficient (Wildman–Crippen LogP) is 2.80. The molecule has 0 N–H and O–H groups in total. The highest BCUT2D eigenvalue weighted by atomic mass is 19.1. The third-order valence-corrected chi connectivity index (χ3v) is 3.70. The van der Waals surface area contributed by atoms with Crippen molar-refractivity contribution in [1.82, 2.24) is 5.16 Å². The quantitative estimate of drug-likeness (QED) is 0.853. The fourth-order valence-electron chi connectivity index (χ4n) is 2.60. The van der Waals surface area contributed by atoms with Gasteiger partial charge in [0.1, 0.15) is 5.82 Å². The van der Waals surface area contributed by atoms with Gasteiger partial charge in [0, 0.05) is 11.7 Å². The molecule has 21 heavy (non-hydrogen) atoms. The van der Waals surface area contributed by atoms with Crippen LogP contribution < -0.4 is 9.64 Å². The molecule has 2 aromatic rings. The fraction of sp³-hybridized carbons (Fsp3) is 0.333. The van der Waals surface area contributed by atoms with E-state index in [4.69, 9.17) is 9.26 Å². The summed E-state index contributed by atoms with van der Waals surface area (Å²) in [7, 11) is 1.45. The third-order valence-electron chi connectivity index (χ3n) is 3.70. The highest BCUT2D eigenvalue weighted by Crippen LogP contribution is 2.32. The summed E-state index contributed by atoms with van der Waals surface area (Å²) in [6.45, 7) is 1.96. The molecule has 0 bridgehead atoms. The van der Waals surface area contributed by atoms with Crippen LogP contribution in [0.3, 0.4) is 0 Å². The Morgan fingerprint density at radius 3 is 3.00 bits per heavy atom. The number of hydrogen-bond donors (Lipinski definition) is 0. The number of carbonyl (C=O) groups is 1. The molecule has 2 heterocycles. The van der Waals surface area contributed by atoms with Crippen LogP contribution in [0.25, 0.3) is 0 Å². The number of fused-ring (bicyclic) bond motifs is 1. The van der Waals surface area contributed by atoms with Crippen molar-refractivity contribution in [1.29, 1.82) is 0 Å². The molecule has 1 aromatic heterocycles. The molecule has 0 aliphatic carbocycles. The van der Waals surface area contributed by atoms with Crippen LogP contribution in [-0.2, 0) is 6.42 Å². The number of amides is 1.